The van der Waals surface area contributed by atoms with Crippen LogP contribution in [0.15, 0.2) is 17.8 Å². The Hall–Kier alpha value is -2.22. The molecule has 3 N–H and O–H groups in total. The maximum Gasteiger partial charge on any atom is 0.226 e. The zero-order valence-electron chi connectivity index (χ0n) is 10.3. The summed E-state index contributed by atoms with van der Waals surface area (Å²) in [5.41, 5.74) is 0.715. The van der Waals surface area contributed by atoms with Crippen molar-refractivity contribution in [2.75, 3.05) is 17.2 Å². The van der Waals surface area contributed by atoms with E-state index in [-0.39, 0.29) is 0 Å². The lowest BCUT2D eigenvalue weighted by Crippen LogP contribution is -2.07. The average molecular weight is 275 g/mol. The fourth-order valence-corrected chi connectivity index (χ4v) is 2.26. The van der Waals surface area contributed by atoms with Gasteiger partial charge in [-0.25, -0.2) is 4.98 Å². The van der Waals surface area contributed by atoms with Crippen LogP contribution in [0.1, 0.15) is 11.9 Å². The highest BCUT2D eigenvalue weighted by Gasteiger charge is 2.09. The van der Waals surface area contributed by atoms with Crippen molar-refractivity contribution < 1.29 is 0 Å². The van der Waals surface area contributed by atoms with Crippen LogP contribution in [0.4, 0.5) is 11.8 Å². The van der Waals surface area contributed by atoms with Gasteiger partial charge in [0.1, 0.15) is 10.8 Å². The second-order valence-corrected chi connectivity index (χ2v) is 4.82. The topological polar surface area (TPSA) is 91.4 Å². The summed E-state index contributed by atoms with van der Waals surface area (Å²) in [5.74, 6) is 1.34. The van der Waals surface area contributed by atoms with E-state index in [2.05, 4.69) is 35.8 Å². The van der Waals surface area contributed by atoms with Gasteiger partial charge in [0.2, 0.25) is 5.95 Å². The normalized spacial score (nSPS) is 10.8. The Morgan fingerprint density at radius 1 is 1.32 bits per heavy atom. The fourth-order valence-electron chi connectivity index (χ4n) is 1.71. The third-order valence-electron chi connectivity index (χ3n) is 2.54. The lowest BCUT2D eigenvalue weighted by Gasteiger charge is -2.07. The number of hydrogen-bond acceptors (Lipinski definition) is 7. The predicted molar refractivity (Wildman–Crippen MR) is 75.3 cm³/mol. The molecule has 0 saturated heterocycles. The summed E-state index contributed by atoms with van der Waals surface area (Å²) < 4.78 is 0. The summed E-state index contributed by atoms with van der Waals surface area (Å²) in [5, 5.41) is 17.1. The van der Waals surface area contributed by atoms with Gasteiger partial charge in [0, 0.05) is 18.1 Å². The lowest BCUT2D eigenvalue weighted by atomic mass is 10.4. The number of nitrogens with one attached hydrogen (secondary N) is 3. The number of nitrogens with zero attached hydrogens (tertiary/aromatic N) is 4. The second kappa shape index (κ2) is 5.19. The van der Waals surface area contributed by atoms with Gasteiger partial charge in [-0.3, -0.25) is 5.10 Å². The maximum atomic E-state index is 4.45. The molecule has 3 aromatic heterocycles. The Morgan fingerprint density at radius 2 is 2.26 bits per heavy atom. The van der Waals surface area contributed by atoms with E-state index >= 15 is 0 Å². The molecule has 0 aromatic carbocycles. The molecule has 0 atom stereocenters. The quantitative estimate of drug-likeness (QED) is 0.658. The minimum Gasteiger partial charge on any atom is -0.363 e. The minimum atomic E-state index is 0.584. The van der Waals surface area contributed by atoms with Gasteiger partial charge < -0.3 is 10.6 Å². The van der Waals surface area contributed by atoms with E-state index < -0.39 is 0 Å². The van der Waals surface area contributed by atoms with Gasteiger partial charge in [-0.05, 0) is 6.92 Å². The van der Waals surface area contributed by atoms with Crippen LogP contribution >= 0.6 is 11.3 Å². The standard InChI is InChI=1S/C11H13N7S/c1-2-12-11-16-9(7-5-15-18-10(7)17-11)14-6-8-13-3-4-19-8/h3-5H,2,6H2,1H3,(H3,12,14,15,16,17,18). The molecular weight excluding hydrogens is 262 g/mol. The monoisotopic (exact) mass is 275 g/mol. The molecule has 3 rings (SSSR count). The van der Waals surface area contributed by atoms with Crippen molar-refractivity contribution in [3.05, 3.63) is 22.8 Å². The molecule has 0 aliphatic heterocycles. The van der Waals surface area contributed by atoms with Crippen LogP contribution in [-0.4, -0.2) is 31.7 Å². The molecule has 3 aromatic rings. The Kier molecular flexibility index (Phi) is 3.23. The van der Waals surface area contributed by atoms with Gasteiger partial charge in [0.05, 0.1) is 18.1 Å². The van der Waals surface area contributed by atoms with E-state index in [9.17, 15) is 0 Å². The van der Waals surface area contributed by atoms with Gasteiger partial charge in [-0.2, -0.15) is 15.1 Å². The molecular formula is C11H13N7S. The molecule has 8 heteroatoms. The Morgan fingerprint density at radius 3 is 3.05 bits per heavy atom. The van der Waals surface area contributed by atoms with Crippen LogP contribution in [0.5, 0.6) is 0 Å². The van der Waals surface area contributed by atoms with Crippen molar-refractivity contribution in [1.82, 2.24) is 25.1 Å². The zero-order valence-corrected chi connectivity index (χ0v) is 11.2. The zero-order chi connectivity index (χ0) is 13.1. The van der Waals surface area contributed by atoms with Gasteiger partial charge >= 0.3 is 0 Å². The first-order valence-electron chi connectivity index (χ1n) is 5.94. The Bertz CT molecular complexity index is 661. The molecule has 0 saturated carbocycles. The molecule has 0 aliphatic carbocycles. The number of H-pyrrole nitrogens is 1. The molecule has 0 unspecified atom stereocenters. The van der Waals surface area contributed by atoms with Crippen molar-refractivity contribution in [3.8, 4) is 0 Å². The molecule has 98 valence electrons. The van der Waals surface area contributed by atoms with E-state index in [4.69, 9.17) is 0 Å². The van der Waals surface area contributed by atoms with Crippen molar-refractivity contribution >= 4 is 34.1 Å². The summed E-state index contributed by atoms with van der Waals surface area (Å²) in [7, 11) is 0. The first-order chi connectivity index (χ1) is 9.36. The highest BCUT2D eigenvalue weighted by molar-refractivity contribution is 7.09. The summed E-state index contributed by atoms with van der Waals surface area (Å²) in [6, 6.07) is 0. The van der Waals surface area contributed by atoms with E-state index in [1.807, 2.05) is 12.3 Å². The van der Waals surface area contributed by atoms with Crippen LogP contribution in [0.25, 0.3) is 11.0 Å². The number of aromatic nitrogens is 5. The van der Waals surface area contributed by atoms with Crippen molar-refractivity contribution in [3.63, 3.8) is 0 Å². The van der Waals surface area contributed by atoms with Crippen LogP contribution in [-0.2, 0) is 6.54 Å². The number of thiazole rings is 1. The second-order valence-electron chi connectivity index (χ2n) is 3.84. The van der Waals surface area contributed by atoms with E-state index in [0.717, 1.165) is 22.8 Å². The Balaban J connectivity index is 1.89. The first kappa shape index (κ1) is 11.8. The average Bonchev–Trinajstić information content (AvgIpc) is 3.07. The predicted octanol–water partition coefficient (Wildman–Crippen LogP) is 1.85. The number of fused-ring (bicyclic) bond motifs is 1. The molecule has 0 amide bonds. The van der Waals surface area contributed by atoms with E-state index in [0.29, 0.717) is 18.1 Å². The SMILES string of the molecule is CCNc1nc(NCc2nccs2)c2cn[nH]c2n1. The number of rotatable bonds is 5. The van der Waals surface area contributed by atoms with Crippen LogP contribution in [0, 0.1) is 0 Å². The number of aromatic amines is 1. The third kappa shape index (κ3) is 2.48. The van der Waals surface area contributed by atoms with Crippen LogP contribution < -0.4 is 10.6 Å². The van der Waals surface area contributed by atoms with Gasteiger partial charge in [0.15, 0.2) is 5.65 Å². The van der Waals surface area contributed by atoms with Crippen molar-refractivity contribution in [2.24, 2.45) is 0 Å². The molecule has 19 heavy (non-hydrogen) atoms. The third-order valence-corrected chi connectivity index (χ3v) is 3.31. The molecule has 0 radical (unpaired) electrons. The largest absolute Gasteiger partial charge is 0.363 e. The summed E-state index contributed by atoms with van der Waals surface area (Å²) in [6.45, 7) is 3.41. The van der Waals surface area contributed by atoms with E-state index in [1.165, 1.54) is 0 Å². The highest BCUT2D eigenvalue weighted by atomic mass is 32.1. The van der Waals surface area contributed by atoms with Crippen molar-refractivity contribution in [2.45, 2.75) is 13.5 Å². The lowest BCUT2D eigenvalue weighted by molar-refractivity contribution is 1.05. The van der Waals surface area contributed by atoms with Gasteiger partial charge in [0.25, 0.3) is 0 Å². The number of anilines is 2. The molecule has 0 bridgehead atoms. The highest BCUT2D eigenvalue weighted by Crippen LogP contribution is 2.20. The van der Waals surface area contributed by atoms with Crippen molar-refractivity contribution in [1.29, 1.82) is 0 Å². The summed E-state index contributed by atoms with van der Waals surface area (Å²) in [4.78, 5) is 13.0. The van der Waals surface area contributed by atoms with Crippen LogP contribution in [0.3, 0.4) is 0 Å². The van der Waals surface area contributed by atoms with E-state index in [1.54, 1.807) is 23.7 Å². The summed E-state index contributed by atoms with van der Waals surface area (Å²) in [6.07, 6.45) is 3.51. The van der Waals surface area contributed by atoms with Gasteiger partial charge in [-0.15, -0.1) is 11.3 Å². The Labute approximate surface area is 113 Å². The fraction of sp³-hybridized carbons (Fsp3) is 0.273. The van der Waals surface area contributed by atoms with Gasteiger partial charge in [-0.1, -0.05) is 0 Å². The smallest absolute Gasteiger partial charge is 0.226 e. The molecule has 0 spiro atoms. The molecule has 7 nitrogen and oxygen atoms in total. The molecule has 3 heterocycles. The molecule has 0 aliphatic rings. The number of hydrogen-bond donors (Lipinski definition) is 3. The molecule has 0 fully saturated rings. The van der Waals surface area contributed by atoms with Crippen LogP contribution in [0.2, 0.25) is 0 Å². The first-order valence-corrected chi connectivity index (χ1v) is 6.82. The maximum absolute atomic E-state index is 4.45. The summed E-state index contributed by atoms with van der Waals surface area (Å²) >= 11 is 1.61. The minimum absolute atomic E-state index is 0.584.